The third kappa shape index (κ3) is 10.7. The number of aliphatic hydroxyl groups excluding tert-OH is 1. The molecule has 1 atom stereocenters. The zero-order valence-electron chi connectivity index (χ0n) is 16.8. The lowest BCUT2D eigenvalue weighted by atomic mass is 10.1. The molecule has 0 aromatic heterocycles. The zero-order chi connectivity index (χ0) is 20.9. The van der Waals surface area contributed by atoms with Crippen molar-refractivity contribution in [1.29, 1.82) is 0 Å². The largest absolute Gasteiger partial charge is 0.491 e. The van der Waals surface area contributed by atoms with Gasteiger partial charge >= 0.3 is 0 Å². The topological polar surface area (TPSA) is 114 Å². The molecule has 0 aliphatic heterocycles. The van der Waals surface area contributed by atoms with Gasteiger partial charge in [0.15, 0.2) is 0 Å². The van der Waals surface area contributed by atoms with E-state index in [1.54, 1.807) is 24.1 Å². The van der Waals surface area contributed by atoms with Gasteiger partial charge < -0.3 is 24.9 Å². The fourth-order valence-electron chi connectivity index (χ4n) is 2.35. The Morgan fingerprint density at radius 2 is 1.96 bits per heavy atom. The molecule has 1 rings (SSSR count). The molecule has 2 N–H and O–H groups in total. The first kappa shape index (κ1) is 23.6. The average Bonchev–Trinajstić information content (AvgIpc) is 2.65. The number of rotatable bonds is 14. The fraction of sp³-hybridized carbons (Fsp3) is 0.632. The number of carbonyl (C=O) groups is 1. The van der Waals surface area contributed by atoms with E-state index >= 15 is 0 Å². The highest BCUT2D eigenvalue weighted by atomic mass is 16.9. The zero-order valence-corrected chi connectivity index (χ0v) is 16.8. The fourth-order valence-corrected chi connectivity index (χ4v) is 2.35. The van der Waals surface area contributed by atoms with Gasteiger partial charge in [0.05, 0.1) is 13.0 Å². The number of carbonyl (C=O) groups excluding carboxylic acids is 1. The Balaban J connectivity index is 2.30. The molecule has 0 saturated carbocycles. The molecule has 1 amide bonds. The van der Waals surface area contributed by atoms with Crippen LogP contribution in [0.15, 0.2) is 24.3 Å². The Morgan fingerprint density at radius 1 is 1.29 bits per heavy atom. The predicted molar refractivity (Wildman–Crippen MR) is 105 cm³/mol. The van der Waals surface area contributed by atoms with E-state index in [2.05, 4.69) is 10.2 Å². The van der Waals surface area contributed by atoms with Crippen molar-refractivity contribution in [3.05, 3.63) is 39.9 Å². The number of unbranched alkanes of at least 4 members (excludes halogenated alkanes) is 1. The lowest BCUT2D eigenvalue weighted by molar-refractivity contribution is -0.757. The van der Waals surface area contributed by atoms with Crippen molar-refractivity contribution in [1.82, 2.24) is 10.2 Å². The van der Waals surface area contributed by atoms with Gasteiger partial charge in [-0.15, -0.1) is 10.1 Å². The minimum atomic E-state index is -0.814. The monoisotopic (exact) mass is 397 g/mol. The summed E-state index contributed by atoms with van der Waals surface area (Å²) in [6, 6.07) is 7.51. The van der Waals surface area contributed by atoms with E-state index in [9.17, 15) is 20.0 Å². The molecule has 0 aliphatic carbocycles. The van der Waals surface area contributed by atoms with Gasteiger partial charge in [-0.1, -0.05) is 26.0 Å². The Bertz CT molecular complexity index is 594. The second-order valence-electron chi connectivity index (χ2n) is 6.93. The van der Waals surface area contributed by atoms with Crippen molar-refractivity contribution in [2.24, 2.45) is 0 Å². The predicted octanol–water partition coefficient (Wildman–Crippen LogP) is 1.41. The molecule has 9 heteroatoms. The van der Waals surface area contributed by atoms with Crippen molar-refractivity contribution < 1.29 is 24.6 Å². The van der Waals surface area contributed by atoms with Crippen molar-refractivity contribution in [3.8, 4) is 5.75 Å². The Hall–Kier alpha value is -2.39. The van der Waals surface area contributed by atoms with Gasteiger partial charge in [0.25, 0.3) is 5.09 Å². The molecule has 28 heavy (non-hydrogen) atoms. The maximum atomic E-state index is 12.2. The molecule has 1 unspecified atom stereocenters. The first-order valence-corrected chi connectivity index (χ1v) is 9.42. The van der Waals surface area contributed by atoms with Crippen LogP contribution >= 0.6 is 0 Å². The molecule has 0 radical (unpaired) electrons. The maximum absolute atomic E-state index is 12.2. The van der Waals surface area contributed by atoms with Crippen LogP contribution in [0.3, 0.4) is 0 Å². The Kier molecular flexibility index (Phi) is 10.9. The van der Waals surface area contributed by atoms with E-state index < -0.39 is 11.2 Å². The molecule has 0 heterocycles. The Morgan fingerprint density at radius 3 is 2.57 bits per heavy atom. The summed E-state index contributed by atoms with van der Waals surface area (Å²) in [7, 11) is 1.71. The van der Waals surface area contributed by atoms with Crippen LogP contribution in [-0.4, -0.2) is 66.5 Å². The second kappa shape index (κ2) is 12.9. The lowest BCUT2D eigenvalue weighted by Crippen LogP contribution is -2.35. The summed E-state index contributed by atoms with van der Waals surface area (Å²) < 4.78 is 5.56. The van der Waals surface area contributed by atoms with E-state index in [1.807, 2.05) is 26.0 Å². The number of ether oxygens (including phenoxy) is 1. The van der Waals surface area contributed by atoms with Crippen LogP contribution in [0.5, 0.6) is 5.75 Å². The lowest BCUT2D eigenvalue weighted by Gasteiger charge is -2.17. The number of amides is 1. The second-order valence-corrected chi connectivity index (χ2v) is 6.93. The van der Waals surface area contributed by atoms with Crippen LogP contribution in [0.2, 0.25) is 0 Å². The Labute approximate surface area is 165 Å². The highest BCUT2D eigenvalue weighted by Gasteiger charge is 2.10. The van der Waals surface area contributed by atoms with Crippen LogP contribution in [-0.2, 0) is 16.1 Å². The minimum Gasteiger partial charge on any atom is -0.491 e. The van der Waals surface area contributed by atoms with Crippen molar-refractivity contribution in [3.63, 3.8) is 0 Å². The summed E-state index contributed by atoms with van der Waals surface area (Å²) >= 11 is 0. The van der Waals surface area contributed by atoms with Gasteiger partial charge in [-0.3, -0.25) is 4.79 Å². The molecule has 9 nitrogen and oxygen atoms in total. The van der Waals surface area contributed by atoms with E-state index in [4.69, 9.17) is 4.74 Å². The van der Waals surface area contributed by atoms with Gasteiger partial charge in [-0.05, 0) is 30.5 Å². The van der Waals surface area contributed by atoms with Gasteiger partial charge in [0, 0.05) is 26.2 Å². The van der Waals surface area contributed by atoms with Crippen LogP contribution in [0.1, 0.15) is 32.3 Å². The smallest absolute Gasteiger partial charge is 0.294 e. The van der Waals surface area contributed by atoms with Crippen LogP contribution in [0.25, 0.3) is 0 Å². The minimum absolute atomic E-state index is 0.0287. The molecule has 0 fully saturated rings. The number of aliphatic hydroxyl groups is 1. The quantitative estimate of drug-likeness (QED) is 0.277. The summed E-state index contributed by atoms with van der Waals surface area (Å²) in [5, 5.41) is 22.2. The summed E-state index contributed by atoms with van der Waals surface area (Å²) in [5.41, 5.74) is 0.864. The highest BCUT2D eigenvalue weighted by molar-refractivity contribution is 5.78. The first-order valence-electron chi connectivity index (χ1n) is 9.42. The standard InChI is InChI=1S/C19H31N3O6/c1-15(2)20-13-17(23)14-27-18-8-6-16(7-9-18)12-19(24)21(3)10-4-5-11-28-22(25)26/h6-9,15,17,20,23H,4-5,10-14H2,1-3H3. The number of hydrogen-bond donors (Lipinski definition) is 2. The van der Waals surface area contributed by atoms with Crippen LogP contribution in [0.4, 0.5) is 0 Å². The number of benzene rings is 1. The average molecular weight is 397 g/mol. The normalized spacial score (nSPS) is 11.9. The molecule has 1 aromatic rings. The van der Waals surface area contributed by atoms with Crippen LogP contribution < -0.4 is 10.1 Å². The summed E-state index contributed by atoms with van der Waals surface area (Å²) in [5.74, 6) is 0.609. The summed E-state index contributed by atoms with van der Waals surface area (Å²) in [6.07, 6.45) is 0.830. The molecule has 0 aliphatic rings. The van der Waals surface area contributed by atoms with Crippen molar-refractivity contribution >= 4 is 5.91 Å². The van der Waals surface area contributed by atoms with Gasteiger partial charge in [-0.2, -0.15) is 0 Å². The molecule has 0 bridgehead atoms. The SMILES string of the molecule is CC(C)NCC(O)COc1ccc(CC(=O)N(C)CCCCO[N+](=O)[O-])cc1. The number of nitrogens with zero attached hydrogens (tertiary/aromatic N) is 2. The summed E-state index contributed by atoms with van der Waals surface area (Å²) in [4.78, 5) is 28.1. The molecule has 0 saturated heterocycles. The third-order valence-electron chi connectivity index (χ3n) is 3.99. The van der Waals surface area contributed by atoms with Crippen molar-refractivity contribution in [2.75, 3.05) is 33.4 Å². The summed E-state index contributed by atoms with van der Waals surface area (Å²) in [6.45, 7) is 5.24. The van der Waals surface area contributed by atoms with Crippen LogP contribution in [0, 0.1) is 10.1 Å². The van der Waals surface area contributed by atoms with E-state index in [-0.39, 0.29) is 25.5 Å². The van der Waals surface area contributed by atoms with Gasteiger partial charge in [0.2, 0.25) is 5.91 Å². The van der Waals surface area contributed by atoms with E-state index in [0.29, 0.717) is 37.7 Å². The van der Waals surface area contributed by atoms with E-state index in [0.717, 1.165) is 5.56 Å². The van der Waals surface area contributed by atoms with Gasteiger partial charge in [0.1, 0.15) is 18.5 Å². The number of likely N-dealkylation sites (N-methyl/N-ethyl adjacent to an activating group) is 1. The van der Waals surface area contributed by atoms with Gasteiger partial charge in [-0.25, -0.2) is 0 Å². The van der Waals surface area contributed by atoms with Crippen molar-refractivity contribution in [2.45, 2.75) is 45.3 Å². The molecule has 158 valence electrons. The maximum Gasteiger partial charge on any atom is 0.294 e. The number of hydrogen-bond acceptors (Lipinski definition) is 7. The van der Waals surface area contributed by atoms with E-state index in [1.165, 1.54) is 0 Å². The first-order chi connectivity index (χ1) is 13.3. The molecule has 0 spiro atoms. The highest BCUT2D eigenvalue weighted by Crippen LogP contribution is 2.13. The molecular formula is C19H31N3O6. The molecular weight excluding hydrogens is 366 g/mol. The number of nitrogens with one attached hydrogen (secondary N) is 1. The molecule has 1 aromatic carbocycles. The third-order valence-corrected chi connectivity index (χ3v) is 3.99.